The molecular formula is C67H104O6. The van der Waals surface area contributed by atoms with Crippen LogP contribution in [0.5, 0.6) is 0 Å². The minimum atomic E-state index is -0.869. The Morgan fingerprint density at radius 3 is 1.01 bits per heavy atom. The van der Waals surface area contributed by atoms with Crippen LogP contribution in [0.3, 0.4) is 0 Å². The first-order chi connectivity index (χ1) is 36.0. The molecule has 0 fully saturated rings. The van der Waals surface area contributed by atoms with Gasteiger partial charge in [-0.1, -0.05) is 249 Å². The van der Waals surface area contributed by atoms with E-state index in [0.29, 0.717) is 19.3 Å². The second kappa shape index (κ2) is 59.6. The summed E-state index contributed by atoms with van der Waals surface area (Å²) in [5.74, 6) is -1.18. The Hall–Kier alpha value is -4.97. The third-order valence-electron chi connectivity index (χ3n) is 11.5. The summed E-state index contributed by atoms with van der Waals surface area (Å²) in [6.45, 7) is 6.23. The first-order valence-corrected chi connectivity index (χ1v) is 29.0. The molecule has 0 aromatic carbocycles. The monoisotopic (exact) mass is 1000 g/mol. The quantitative estimate of drug-likeness (QED) is 0.0261. The first-order valence-electron chi connectivity index (χ1n) is 29.0. The fourth-order valence-corrected chi connectivity index (χ4v) is 7.28. The fraction of sp³-hybridized carbons (Fsp3) is 0.567. The van der Waals surface area contributed by atoms with Crippen molar-refractivity contribution in [2.45, 2.75) is 232 Å². The maximum atomic E-state index is 12.8. The van der Waals surface area contributed by atoms with Crippen LogP contribution >= 0.6 is 0 Å². The molecule has 0 N–H and O–H groups in total. The number of hydrogen-bond donors (Lipinski definition) is 0. The van der Waals surface area contributed by atoms with E-state index in [2.05, 4.69) is 154 Å². The van der Waals surface area contributed by atoms with Gasteiger partial charge in [0.1, 0.15) is 13.2 Å². The van der Waals surface area contributed by atoms with E-state index in [1.54, 1.807) is 6.08 Å². The highest BCUT2D eigenvalue weighted by molar-refractivity contribution is 5.72. The van der Waals surface area contributed by atoms with Crippen LogP contribution in [0.1, 0.15) is 226 Å². The molecule has 0 saturated heterocycles. The van der Waals surface area contributed by atoms with Crippen molar-refractivity contribution in [3.8, 4) is 0 Å². The summed E-state index contributed by atoms with van der Waals surface area (Å²) in [5, 5.41) is 0. The van der Waals surface area contributed by atoms with E-state index in [1.165, 1.54) is 83.5 Å². The van der Waals surface area contributed by atoms with E-state index in [-0.39, 0.29) is 32.0 Å². The summed E-state index contributed by atoms with van der Waals surface area (Å²) in [5.41, 5.74) is 0. The molecular weight excluding hydrogens is 901 g/mol. The third kappa shape index (κ3) is 57.8. The molecule has 6 nitrogen and oxygen atoms in total. The van der Waals surface area contributed by atoms with Crippen LogP contribution in [0.25, 0.3) is 0 Å². The molecule has 1 unspecified atom stereocenters. The molecule has 0 radical (unpaired) electrons. The van der Waals surface area contributed by atoms with Gasteiger partial charge in [-0.2, -0.15) is 0 Å². The van der Waals surface area contributed by atoms with Gasteiger partial charge in [-0.05, 0) is 116 Å². The molecule has 0 amide bonds. The zero-order valence-electron chi connectivity index (χ0n) is 46.6. The Morgan fingerprint density at radius 2 is 0.616 bits per heavy atom. The standard InChI is InChI=1S/C67H104O6/c1-4-7-10-13-16-19-22-25-28-30-32-33-35-36-39-42-45-48-51-54-57-60-66(69)72-63-64(62-71-65(68)59-56-53-50-47-44-41-38-27-24-21-18-15-12-9-6-3)73-67(70)61-58-55-52-49-46-43-40-37-34-31-29-26-23-20-17-14-11-8-5-2/h8-9,11-12,17-18,20-22,25-27,29-30,32,34,37-38,43-44,46-47,52-53,55-56,64H,4-7,10,13-16,19,23-24,28,31,33,35-36,39-42,45,48-51,54,57-63H2,1-3H3/b11-8-,12-9-,20-17-,21-18-,25-22-,29-26-,32-30-,37-34-,38-27-,46-43-,47-44-,55-52-,56-53-. The second-order valence-corrected chi connectivity index (χ2v) is 18.4. The SMILES string of the molecule is CC/C=C\C/C=C\C/C=C\C/C=C\C/C=C\C/C=C\CCC(=O)OC(COC(=O)C/C=C\C/C=C\C/C=C\C/C=C\C/C=C\CC)COC(=O)CCCCCCCCCCC/C=C\C/C=C\CCCCCCC. The van der Waals surface area contributed by atoms with Crippen LogP contribution < -0.4 is 0 Å². The number of carbonyl (C=O) groups excluding carboxylic acids is 3. The third-order valence-corrected chi connectivity index (χ3v) is 11.5. The zero-order valence-corrected chi connectivity index (χ0v) is 46.6. The summed E-state index contributed by atoms with van der Waals surface area (Å²) in [6.07, 6.45) is 87.0. The molecule has 0 aromatic rings. The predicted octanol–water partition coefficient (Wildman–Crippen LogP) is 19.8. The van der Waals surface area contributed by atoms with Crippen LogP contribution in [0, 0.1) is 0 Å². The summed E-state index contributed by atoms with van der Waals surface area (Å²) in [4.78, 5) is 38.1. The van der Waals surface area contributed by atoms with Gasteiger partial charge in [0.25, 0.3) is 0 Å². The lowest BCUT2D eigenvalue weighted by atomic mass is 10.1. The van der Waals surface area contributed by atoms with Gasteiger partial charge in [0.2, 0.25) is 0 Å². The van der Waals surface area contributed by atoms with Crippen molar-refractivity contribution < 1.29 is 28.6 Å². The van der Waals surface area contributed by atoms with Crippen LogP contribution in [-0.4, -0.2) is 37.2 Å². The molecule has 0 saturated carbocycles. The highest BCUT2D eigenvalue weighted by Crippen LogP contribution is 2.13. The second-order valence-electron chi connectivity index (χ2n) is 18.4. The molecule has 0 bridgehead atoms. The average molecular weight is 1010 g/mol. The lowest BCUT2D eigenvalue weighted by molar-refractivity contribution is -0.166. The van der Waals surface area contributed by atoms with Crippen LogP contribution in [0.2, 0.25) is 0 Å². The minimum absolute atomic E-state index is 0.103. The van der Waals surface area contributed by atoms with E-state index in [9.17, 15) is 14.4 Å². The summed E-state index contributed by atoms with van der Waals surface area (Å²) >= 11 is 0. The van der Waals surface area contributed by atoms with E-state index in [4.69, 9.17) is 14.2 Å². The maximum absolute atomic E-state index is 12.8. The number of ether oxygens (including phenoxy) is 3. The molecule has 0 spiro atoms. The van der Waals surface area contributed by atoms with Crippen molar-refractivity contribution in [2.75, 3.05) is 13.2 Å². The molecule has 0 aliphatic heterocycles. The number of hydrogen-bond acceptors (Lipinski definition) is 6. The maximum Gasteiger partial charge on any atom is 0.309 e. The van der Waals surface area contributed by atoms with Crippen molar-refractivity contribution in [1.29, 1.82) is 0 Å². The largest absolute Gasteiger partial charge is 0.462 e. The number of carbonyl (C=O) groups is 3. The summed E-state index contributed by atoms with van der Waals surface area (Å²) in [7, 11) is 0. The van der Waals surface area contributed by atoms with Crippen LogP contribution in [-0.2, 0) is 28.6 Å². The molecule has 1 atom stereocenters. The fourth-order valence-electron chi connectivity index (χ4n) is 7.28. The number of unbranched alkanes of at least 4 members (excludes halogenated alkanes) is 14. The molecule has 0 aliphatic rings. The molecule has 73 heavy (non-hydrogen) atoms. The normalized spacial score (nSPS) is 13.3. The van der Waals surface area contributed by atoms with Gasteiger partial charge in [0, 0.05) is 12.8 Å². The van der Waals surface area contributed by atoms with Crippen LogP contribution in [0.15, 0.2) is 158 Å². The average Bonchev–Trinajstić information content (AvgIpc) is 3.39. The lowest BCUT2D eigenvalue weighted by Gasteiger charge is -2.18. The first kappa shape index (κ1) is 68.0. The van der Waals surface area contributed by atoms with Gasteiger partial charge in [0.05, 0.1) is 6.42 Å². The Labute approximate surface area is 448 Å². The topological polar surface area (TPSA) is 78.9 Å². The highest BCUT2D eigenvalue weighted by Gasteiger charge is 2.19. The van der Waals surface area contributed by atoms with Crippen molar-refractivity contribution in [3.63, 3.8) is 0 Å². The molecule has 408 valence electrons. The van der Waals surface area contributed by atoms with Gasteiger partial charge in [0.15, 0.2) is 6.10 Å². The van der Waals surface area contributed by atoms with Gasteiger partial charge < -0.3 is 14.2 Å². The van der Waals surface area contributed by atoms with E-state index in [0.717, 1.165) is 89.9 Å². The van der Waals surface area contributed by atoms with Crippen LogP contribution in [0.4, 0.5) is 0 Å². The predicted molar refractivity (Wildman–Crippen MR) is 315 cm³/mol. The van der Waals surface area contributed by atoms with Gasteiger partial charge >= 0.3 is 17.9 Å². The Kier molecular flexibility index (Phi) is 55.5. The minimum Gasteiger partial charge on any atom is -0.462 e. The molecule has 0 aliphatic carbocycles. The molecule has 6 heteroatoms. The lowest BCUT2D eigenvalue weighted by Crippen LogP contribution is -2.30. The van der Waals surface area contributed by atoms with Crippen molar-refractivity contribution in [3.05, 3.63) is 158 Å². The Bertz CT molecular complexity index is 1670. The highest BCUT2D eigenvalue weighted by atomic mass is 16.6. The van der Waals surface area contributed by atoms with Gasteiger partial charge in [-0.3, -0.25) is 14.4 Å². The number of allylic oxidation sites excluding steroid dienone is 25. The number of rotatable bonds is 50. The molecule has 0 rings (SSSR count). The van der Waals surface area contributed by atoms with Gasteiger partial charge in [-0.25, -0.2) is 0 Å². The molecule has 0 heterocycles. The van der Waals surface area contributed by atoms with Gasteiger partial charge in [-0.15, -0.1) is 0 Å². The number of esters is 3. The van der Waals surface area contributed by atoms with Crippen molar-refractivity contribution >= 4 is 17.9 Å². The van der Waals surface area contributed by atoms with E-state index >= 15 is 0 Å². The molecule has 0 aromatic heterocycles. The Balaban J connectivity index is 4.61. The van der Waals surface area contributed by atoms with Crippen molar-refractivity contribution in [2.24, 2.45) is 0 Å². The van der Waals surface area contributed by atoms with E-state index < -0.39 is 18.0 Å². The zero-order chi connectivity index (χ0) is 52.9. The summed E-state index contributed by atoms with van der Waals surface area (Å²) in [6, 6.07) is 0. The Morgan fingerprint density at radius 1 is 0.301 bits per heavy atom. The van der Waals surface area contributed by atoms with E-state index in [1.807, 2.05) is 18.2 Å². The van der Waals surface area contributed by atoms with Crippen molar-refractivity contribution in [1.82, 2.24) is 0 Å². The smallest absolute Gasteiger partial charge is 0.309 e. The summed E-state index contributed by atoms with van der Waals surface area (Å²) < 4.78 is 16.7.